The summed E-state index contributed by atoms with van der Waals surface area (Å²) in [6, 6.07) is 9.76. The number of hydrogen-bond acceptors (Lipinski definition) is 3. The van der Waals surface area contributed by atoms with Crippen LogP contribution in [0.4, 0.5) is 5.69 Å². The minimum atomic E-state index is 0.456. The van der Waals surface area contributed by atoms with Crippen LogP contribution >= 0.6 is 15.9 Å². The molecule has 0 aliphatic carbocycles. The Morgan fingerprint density at radius 2 is 2.13 bits per heavy atom. The maximum Gasteiger partial charge on any atom is 0.101 e. The number of nitriles is 2. The Morgan fingerprint density at radius 1 is 1.40 bits per heavy atom. The van der Waals surface area contributed by atoms with Gasteiger partial charge in [-0.05, 0) is 18.2 Å². The van der Waals surface area contributed by atoms with Crippen molar-refractivity contribution in [1.29, 1.82) is 10.5 Å². The van der Waals surface area contributed by atoms with Gasteiger partial charge < -0.3 is 4.90 Å². The number of halogens is 1. The van der Waals surface area contributed by atoms with Crippen LogP contribution in [0.5, 0.6) is 0 Å². The molecule has 4 heteroatoms. The maximum absolute atomic E-state index is 8.95. The number of benzene rings is 1. The summed E-state index contributed by atoms with van der Waals surface area (Å²) in [5, 5.41) is 17.4. The highest BCUT2D eigenvalue weighted by Gasteiger charge is 2.06. The fraction of sp³-hybridized carbons (Fsp3) is 0.273. The molecule has 3 nitrogen and oxygen atoms in total. The highest BCUT2D eigenvalue weighted by Crippen LogP contribution is 2.23. The van der Waals surface area contributed by atoms with Gasteiger partial charge in [-0.1, -0.05) is 15.9 Å². The lowest BCUT2D eigenvalue weighted by Crippen LogP contribution is -2.19. The minimum Gasteiger partial charge on any atom is -0.372 e. The molecule has 1 aromatic rings. The van der Waals surface area contributed by atoms with Crippen LogP contribution in [0.25, 0.3) is 0 Å². The first-order valence-electron chi connectivity index (χ1n) is 4.46. The first kappa shape index (κ1) is 11.6. The summed E-state index contributed by atoms with van der Waals surface area (Å²) < 4.78 is 0.886. The van der Waals surface area contributed by atoms with Gasteiger partial charge in [0.05, 0.1) is 23.7 Å². The van der Waals surface area contributed by atoms with E-state index < -0.39 is 0 Å². The molecule has 0 aromatic heterocycles. The summed E-state index contributed by atoms with van der Waals surface area (Å²) in [7, 11) is 1.88. The molecule has 0 fully saturated rings. The summed E-state index contributed by atoms with van der Waals surface area (Å²) in [6.45, 7) is 0.632. The van der Waals surface area contributed by atoms with Gasteiger partial charge in [-0.25, -0.2) is 0 Å². The van der Waals surface area contributed by atoms with E-state index in [0.29, 0.717) is 18.5 Å². The van der Waals surface area contributed by atoms with E-state index in [-0.39, 0.29) is 0 Å². The summed E-state index contributed by atoms with van der Waals surface area (Å²) in [6.07, 6.45) is 0.456. The summed E-state index contributed by atoms with van der Waals surface area (Å²) >= 11 is 3.32. The summed E-state index contributed by atoms with van der Waals surface area (Å²) in [5.74, 6) is 0. The zero-order valence-electron chi connectivity index (χ0n) is 8.37. The van der Waals surface area contributed by atoms with E-state index in [9.17, 15) is 0 Å². The number of nitrogens with zero attached hydrogens (tertiary/aromatic N) is 3. The fourth-order valence-electron chi connectivity index (χ4n) is 1.27. The third-order valence-electron chi connectivity index (χ3n) is 2.05. The average Bonchev–Trinajstić information content (AvgIpc) is 2.25. The zero-order valence-corrected chi connectivity index (χ0v) is 9.95. The first-order valence-corrected chi connectivity index (χ1v) is 5.26. The molecule has 0 saturated heterocycles. The quantitative estimate of drug-likeness (QED) is 0.843. The van der Waals surface area contributed by atoms with Crippen LogP contribution in [-0.4, -0.2) is 13.6 Å². The molecule has 0 amide bonds. The minimum absolute atomic E-state index is 0.456. The molecule has 0 bridgehead atoms. The predicted octanol–water partition coefficient (Wildman–Crippen LogP) is 2.67. The van der Waals surface area contributed by atoms with Crippen LogP contribution in [-0.2, 0) is 0 Å². The maximum atomic E-state index is 8.95. The van der Waals surface area contributed by atoms with Crippen molar-refractivity contribution in [3.63, 3.8) is 0 Å². The van der Waals surface area contributed by atoms with Gasteiger partial charge in [0.1, 0.15) is 6.07 Å². The third kappa shape index (κ3) is 2.97. The van der Waals surface area contributed by atoms with E-state index in [2.05, 4.69) is 28.1 Å². The van der Waals surface area contributed by atoms with Gasteiger partial charge in [0, 0.05) is 18.1 Å². The second-order valence-corrected chi connectivity index (χ2v) is 4.02. The molecule has 0 aliphatic heterocycles. The zero-order chi connectivity index (χ0) is 11.3. The standard InChI is InChI=1S/C11H10BrN3/c1-15(6-2-5-13)11-4-3-10(12)7-9(11)8-14/h3-4,7H,2,6H2,1H3. The molecule has 0 N–H and O–H groups in total. The van der Waals surface area contributed by atoms with Gasteiger partial charge in [0.2, 0.25) is 0 Å². The summed E-state index contributed by atoms with van der Waals surface area (Å²) in [5.41, 5.74) is 1.47. The first-order chi connectivity index (χ1) is 7.19. The van der Waals surface area contributed by atoms with Crippen molar-refractivity contribution in [2.75, 3.05) is 18.5 Å². The van der Waals surface area contributed by atoms with E-state index >= 15 is 0 Å². The molecule has 0 spiro atoms. The van der Waals surface area contributed by atoms with Gasteiger partial charge in [-0.3, -0.25) is 0 Å². The van der Waals surface area contributed by atoms with Crippen molar-refractivity contribution >= 4 is 21.6 Å². The van der Waals surface area contributed by atoms with Crippen LogP contribution in [0.1, 0.15) is 12.0 Å². The molecule has 0 saturated carbocycles. The van der Waals surface area contributed by atoms with Crippen LogP contribution < -0.4 is 4.90 Å². The van der Waals surface area contributed by atoms with Crippen LogP contribution in [0, 0.1) is 22.7 Å². The second-order valence-electron chi connectivity index (χ2n) is 3.10. The summed E-state index contributed by atoms with van der Waals surface area (Å²) in [4.78, 5) is 1.91. The van der Waals surface area contributed by atoms with Gasteiger partial charge >= 0.3 is 0 Å². The Hall–Kier alpha value is -1.52. The Balaban J connectivity index is 2.95. The molecule has 0 atom stereocenters. The van der Waals surface area contributed by atoms with Crippen molar-refractivity contribution in [2.24, 2.45) is 0 Å². The van der Waals surface area contributed by atoms with E-state index in [1.165, 1.54) is 0 Å². The lowest BCUT2D eigenvalue weighted by molar-refractivity contribution is 0.903. The number of rotatable bonds is 3. The molecule has 15 heavy (non-hydrogen) atoms. The lowest BCUT2D eigenvalue weighted by atomic mass is 10.2. The topological polar surface area (TPSA) is 50.8 Å². The monoisotopic (exact) mass is 263 g/mol. The van der Waals surface area contributed by atoms with Gasteiger partial charge in [-0.2, -0.15) is 10.5 Å². The Morgan fingerprint density at radius 3 is 2.73 bits per heavy atom. The average molecular weight is 264 g/mol. The van der Waals surface area contributed by atoms with Crippen LogP contribution in [0.3, 0.4) is 0 Å². The Kier molecular flexibility index (Phi) is 4.15. The molecule has 1 aromatic carbocycles. The number of anilines is 1. The third-order valence-corrected chi connectivity index (χ3v) is 2.54. The highest BCUT2D eigenvalue weighted by atomic mass is 79.9. The fourth-order valence-corrected chi connectivity index (χ4v) is 1.63. The van der Waals surface area contributed by atoms with Gasteiger partial charge in [0.25, 0.3) is 0 Å². The molecule has 0 aliphatic rings. The van der Waals surface area contributed by atoms with Crippen molar-refractivity contribution < 1.29 is 0 Å². The molecular formula is C11H10BrN3. The van der Waals surface area contributed by atoms with Crippen LogP contribution in [0.2, 0.25) is 0 Å². The molecule has 1 rings (SSSR count). The molecule has 0 radical (unpaired) electrons. The smallest absolute Gasteiger partial charge is 0.101 e. The Bertz CT molecular complexity index is 428. The van der Waals surface area contributed by atoms with E-state index in [0.717, 1.165) is 10.2 Å². The van der Waals surface area contributed by atoms with Crippen molar-refractivity contribution in [3.8, 4) is 12.1 Å². The normalized spacial score (nSPS) is 9.07. The molecule has 76 valence electrons. The van der Waals surface area contributed by atoms with Gasteiger partial charge in [0.15, 0.2) is 0 Å². The van der Waals surface area contributed by atoms with Crippen LogP contribution in [0.15, 0.2) is 22.7 Å². The molecule has 0 unspecified atom stereocenters. The lowest BCUT2D eigenvalue weighted by Gasteiger charge is -2.18. The van der Waals surface area contributed by atoms with Crippen molar-refractivity contribution in [3.05, 3.63) is 28.2 Å². The predicted molar refractivity (Wildman–Crippen MR) is 62.4 cm³/mol. The Labute approximate surface area is 97.7 Å². The van der Waals surface area contributed by atoms with E-state index in [1.54, 1.807) is 6.07 Å². The molecular weight excluding hydrogens is 254 g/mol. The van der Waals surface area contributed by atoms with E-state index in [1.807, 2.05) is 24.1 Å². The SMILES string of the molecule is CN(CCC#N)c1ccc(Br)cc1C#N. The highest BCUT2D eigenvalue weighted by molar-refractivity contribution is 9.10. The van der Waals surface area contributed by atoms with E-state index in [4.69, 9.17) is 10.5 Å². The molecule has 0 heterocycles. The second kappa shape index (κ2) is 5.38. The largest absolute Gasteiger partial charge is 0.372 e. The van der Waals surface area contributed by atoms with Gasteiger partial charge in [-0.15, -0.1) is 0 Å². The van der Waals surface area contributed by atoms with Crippen molar-refractivity contribution in [1.82, 2.24) is 0 Å². The number of hydrogen-bond donors (Lipinski definition) is 0. The van der Waals surface area contributed by atoms with Crippen molar-refractivity contribution in [2.45, 2.75) is 6.42 Å².